The number of hydrogen-bond donors (Lipinski definition) is 0. The van der Waals surface area contributed by atoms with Crippen LogP contribution in [0.1, 0.15) is 25.6 Å². The minimum Gasteiger partial charge on any atom is -0.269 e. The van der Waals surface area contributed by atoms with Gasteiger partial charge < -0.3 is 0 Å². The molecule has 4 aliphatic rings. The van der Waals surface area contributed by atoms with Gasteiger partial charge in [-0.05, 0) is 19.9 Å². The van der Waals surface area contributed by atoms with Crippen LogP contribution in [0.3, 0.4) is 0 Å². The maximum atomic E-state index is 14.3. The Morgan fingerprint density at radius 3 is 1.84 bits per heavy atom. The van der Waals surface area contributed by atoms with Crippen molar-refractivity contribution in [3.63, 3.8) is 0 Å². The second-order valence-electron chi connectivity index (χ2n) is 7.91. The maximum absolute atomic E-state index is 14.3. The average molecular weight is 350 g/mol. The molecular formula is C16H19FN4O4. The van der Waals surface area contributed by atoms with Crippen LogP contribution in [-0.4, -0.2) is 56.9 Å². The van der Waals surface area contributed by atoms with Crippen molar-refractivity contribution < 1.29 is 14.2 Å². The minimum absolute atomic E-state index is 0.0814. The Kier molecular flexibility index (Phi) is 3.09. The molecule has 5 rings (SSSR count). The highest BCUT2D eigenvalue weighted by Gasteiger charge is 2.81. The summed E-state index contributed by atoms with van der Waals surface area (Å²) in [6.07, 6.45) is -0.501. The molecule has 4 heterocycles. The second kappa shape index (κ2) is 4.73. The molecule has 0 unspecified atom stereocenters. The summed E-state index contributed by atoms with van der Waals surface area (Å²) in [5, 5.41) is 24.0. The van der Waals surface area contributed by atoms with E-state index in [1.54, 1.807) is 41.8 Å². The number of nitrogens with zero attached hydrogens (tertiary/aromatic N) is 4. The predicted molar refractivity (Wildman–Crippen MR) is 85.5 cm³/mol. The lowest BCUT2D eigenvalue weighted by atomic mass is 9.53. The third kappa shape index (κ3) is 1.72. The first-order chi connectivity index (χ1) is 11.7. The molecule has 4 fully saturated rings. The molecule has 1 aromatic carbocycles. The summed E-state index contributed by atoms with van der Waals surface area (Å²) in [7, 11) is 0. The van der Waals surface area contributed by atoms with Crippen LogP contribution in [-0.2, 0) is 0 Å². The fourth-order valence-corrected chi connectivity index (χ4v) is 5.12. The molecule has 0 atom stereocenters. The Bertz CT molecular complexity index is 731. The molecule has 0 spiro atoms. The van der Waals surface area contributed by atoms with Crippen LogP contribution >= 0.6 is 0 Å². The van der Waals surface area contributed by atoms with Gasteiger partial charge in [0.2, 0.25) is 0 Å². The molecular weight excluding hydrogens is 331 g/mol. The Morgan fingerprint density at radius 2 is 1.44 bits per heavy atom. The Hall–Kier alpha value is -2.13. The summed E-state index contributed by atoms with van der Waals surface area (Å²) in [6, 6.07) is 6.28. The van der Waals surface area contributed by atoms with Crippen molar-refractivity contribution in [2.24, 2.45) is 5.41 Å². The van der Waals surface area contributed by atoms with E-state index in [4.69, 9.17) is 0 Å². The first kappa shape index (κ1) is 16.3. The molecule has 1 aromatic rings. The highest BCUT2D eigenvalue weighted by Crippen LogP contribution is 2.58. The third-order valence-electron chi connectivity index (χ3n) is 6.76. The summed E-state index contributed by atoms with van der Waals surface area (Å²) in [5.74, 6) is -0.399. The summed E-state index contributed by atoms with van der Waals surface area (Å²) in [6.45, 7) is 3.60. The Labute approximate surface area is 143 Å². The molecule has 134 valence electrons. The summed E-state index contributed by atoms with van der Waals surface area (Å²) < 4.78 is 14.3. The van der Waals surface area contributed by atoms with Crippen LogP contribution in [0, 0.1) is 31.5 Å². The quantitative estimate of drug-likeness (QED) is 0.606. The zero-order valence-electron chi connectivity index (χ0n) is 14.0. The lowest BCUT2D eigenvalue weighted by molar-refractivity contribution is -0.679. The molecule has 9 heteroatoms. The van der Waals surface area contributed by atoms with Gasteiger partial charge in [0.1, 0.15) is 11.2 Å². The van der Waals surface area contributed by atoms with Crippen LogP contribution in [0.4, 0.5) is 4.39 Å². The van der Waals surface area contributed by atoms with E-state index >= 15 is 0 Å². The number of halogens is 1. The van der Waals surface area contributed by atoms with Gasteiger partial charge in [0.15, 0.2) is 0 Å². The molecule has 0 radical (unpaired) electrons. The SMILES string of the molecule is CC1(C)C2([N+](=O)[O-])CN3CC1([N+](=O)[O-])CN(C2)C3c1ccccc1F. The number of nitro groups is 2. The van der Waals surface area contributed by atoms with Crippen molar-refractivity contribution >= 4 is 0 Å². The highest BCUT2D eigenvalue weighted by atomic mass is 19.1. The minimum atomic E-state index is -1.45. The topological polar surface area (TPSA) is 92.8 Å². The van der Waals surface area contributed by atoms with Crippen LogP contribution in [0.2, 0.25) is 0 Å². The molecule has 4 bridgehead atoms. The molecule has 0 saturated carbocycles. The van der Waals surface area contributed by atoms with Crippen LogP contribution in [0.5, 0.6) is 0 Å². The first-order valence-corrected chi connectivity index (χ1v) is 8.18. The largest absolute Gasteiger partial charge is 0.269 e. The lowest BCUT2D eigenvalue weighted by Gasteiger charge is -2.65. The van der Waals surface area contributed by atoms with E-state index in [-0.39, 0.29) is 36.0 Å². The fourth-order valence-electron chi connectivity index (χ4n) is 5.12. The van der Waals surface area contributed by atoms with E-state index in [1.807, 2.05) is 0 Å². The van der Waals surface area contributed by atoms with Crippen molar-refractivity contribution in [3.05, 3.63) is 55.9 Å². The zero-order chi connectivity index (χ0) is 18.2. The molecule has 0 aromatic heterocycles. The average Bonchev–Trinajstić information content (AvgIpc) is 2.52. The van der Waals surface area contributed by atoms with Crippen LogP contribution < -0.4 is 0 Å². The number of rotatable bonds is 3. The normalized spacial score (nSPS) is 40.8. The lowest BCUT2D eigenvalue weighted by Crippen LogP contribution is -2.88. The van der Waals surface area contributed by atoms with Gasteiger partial charge in [0.25, 0.3) is 11.1 Å². The van der Waals surface area contributed by atoms with Gasteiger partial charge in [-0.25, -0.2) is 4.39 Å². The van der Waals surface area contributed by atoms with Crippen LogP contribution in [0.15, 0.2) is 24.3 Å². The molecule has 4 aliphatic heterocycles. The maximum Gasteiger partial charge on any atom is 0.259 e. The first-order valence-electron chi connectivity index (χ1n) is 8.18. The Balaban J connectivity index is 1.87. The van der Waals surface area contributed by atoms with Crippen LogP contribution in [0.25, 0.3) is 0 Å². The molecule has 8 nitrogen and oxygen atoms in total. The van der Waals surface area contributed by atoms with Crippen molar-refractivity contribution in [3.8, 4) is 0 Å². The summed E-state index contributed by atoms with van der Waals surface area (Å²) in [5.41, 5.74) is -3.59. The van der Waals surface area contributed by atoms with Crippen molar-refractivity contribution in [1.29, 1.82) is 0 Å². The zero-order valence-corrected chi connectivity index (χ0v) is 14.0. The van der Waals surface area contributed by atoms with Gasteiger partial charge in [-0.2, -0.15) is 0 Å². The van der Waals surface area contributed by atoms with E-state index in [0.717, 1.165) is 0 Å². The van der Waals surface area contributed by atoms with Gasteiger partial charge in [-0.15, -0.1) is 0 Å². The molecule has 25 heavy (non-hydrogen) atoms. The number of benzene rings is 1. The standard InChI is InChI=1S/C16H19FN4O4/c1-14(2)15(20(22)23)7-18-9-16(14,21(24)25)10-19(8-15)13(18)11-5-3-4-6-12(11)17/h3-6,13H,7-10H2,1-2H3. The number of hydrogen-bond acceptors (Lipinski definition) is 6. The molecule has 0 amide bonds. The van der Waals surface area contributed by atoms with Gasteiger partial charge in [-0.3, -0.25) is 30.0 Å². The fraction of sp³-hybridized carbons (Fsp3) is 0.625. The van der Waals surface area contributed by atoms with Gasteiger partial charge in [0.05, 0.1) is 32.3 Å². The highest BCUT2D eigenvalue weighted by molar-refractivity contribution is 5.28. The van der Waals surface area contributed by atoms with E-state index in [1.165, 1.54) is 6.07 Å². The predicted octanol–water partition coefficient (Wildman–Crippen LogP) is 1.53. The molecule has 4 saturated heterocycles. The van der Waals surface area contributed by atoms with E-state index < -0.39 is 28.5 Å². The van der Waals surface area contributed by atoms with E-state index in [0.29, 0.717) is 5.56 Å². The monoisotopic (exact) mass is 350 g/mol. The second-order valence-corrected chi connectivity index (χ2v) is 7.91. The molecule has 0 N–H and O–H groups in total. The summed E-state index contributed by atoms with van der Waals surface area (Å²) >= 11 is 0. The Morgan fingerprint density at radius 1 is 1.00 bits per heavy atom. The van der Waals surface area contributed by atoms with Gasteiger partial charge >= 0.3 is 0 Å². The number of piperidine rings is 2. The van der Waals surface area contributed by atoms with Gasteiger partial charge in [0, 0.05) is 15.4 Å². The van der Waals surface area contributed by atoms with E-state index in [2.05, 4.69) is 0 Å². The van der Waals surface area contributed by atoms with E-state index in [9.17, 15) is 24.6 Å². The molecule has 0 aliphatic carbocycles. The van der Waals surface area contributed by atoms with Crippen molar-refractivity contribution in [2.45, 2.75) is 31.1 Å². The van der Waals surface area contributed by atoms with Crippen molar-refractivity contribution in [2.75, 3.05) is 26.2 Å². The summed E-state index contributed by atoms with van der Waals surface area (Å²) in [4.78, 5) is 26.7. The third-order valence-corrected chi connectivity index (χ3v) is 6.76. The smallest absolute Gasteiger partial charge is 0.259 e. The van der Waals surface area contributed by atoms with Crippen molar-refractivity contribution in [1.82, 2.24) is 9.80 Å². The van der Waals surface area contributed by atoms with Gasteiger partial charge in [-0.1, -0.05) is 18.2 Å².